The van der Waals surface area contributed by atoms with Gasteiger partial charge in [0.05, 0.1) is 32.2 Å². The Kier molecular flexibility index (Phi) is 9.21. The lowest BCUT2D eigenvalue weighted by molar-refractivity contribution is -0.121. The van der Waals surface area contributed by atoms with Crippen LogP contribution in [0.5, 0.6) is 11.5 Å². The van der Waals surface area contributed by atoms with Gasteiger partial charge in [0.2, 0.25) is 15.9 Å². The van der Waals surface area contributed by atoms with Gasteiger partial charge in [-0.15, -0.1) is 0 Å². The van der Waals surface area contributed by atoms with Crippen LogP contribution in [0.2, 0.25) is 5.02 Å². The Morgan fingerprint density at radius 3 is 2.44 bits per heavy atom. The number of carbonyl (C=O) groups is 1. The average molecular weight is 483 g/mol. The van der Waals surface area contributed by atoms with Gasteiger partial charge in [0.1, 0.15) is 0 Å². The molecule has 0 aromatic heterocycles. The molecule has 0 bridgehead atoms. The Hall–Kier alpha value is -2.45. The van der Waals surface area contributed by atoms with Gasteiger partial charge >= 0.3 is 0 Å². The summed E-state index contributed by atoms with van der Waals surface area (Å²) in [5, 5.41) is 3.52. The van der Waals surface area contributed by atoms with Gasteiger partial charge in [-0.1, -0.05) is 30.7 Å². The maximum absolute atomic E-state index is 12.6. The number of ether oxygens (including phenoxy) is 2. The third-order valence-corrected chi connectivity index (χ3v) is 6.82. The molecule has 2 aromatic rings. The monoisotopic (exact) mass is 482 g/mol. The van der Waals surface area contributed by atoms with Crippen LogP contribution in [0.25, 0.3) is 0 Å². The second-order valence-corrected chi connectivity index (χ2v) is 9.78. The van der Waals surface area contributed by atoms with Gasteiger partial charge in [0, 0.05) is 18.0 Å². The van der Waals surface area contributed by atoms with Gasteiger partial charge in [-0.05, 0) is 55.2 Å². The highest BCUT2D eigenvalue weighted by molar-refractivity contribution is 7.92. The van der Waals surface area contributed by atoms with E-state index in [1.54, 1.807) is 45.4 Å². The number of hydrogen-bond donors (Lipinski definition) is 1. The summed E-state index contributed by atoms with van der Waals surface area (Å²) in [6.45, 7) is 3.94. The largest absolute Gasteiger partial charge is 0.493 e. The molecule has 0 fully saturated rings. The predicted octanol–water partition coefficient (Wildman–Crippen LogP) is 4.48. The summed E-state index contributed by atoms with van der Waals surface area (Å²) in [4.78, 5) is 12.6. The number of halogens is 1. The van der Waals surface area contributed by atoms with Crippen LogP contribution >= 0.6 is 11.6 Å². The molecule has 0 heterocycles. The Balaban J connectivity index is 2.05. The molecule has 2 aromatic carbocycles. The number of nitrogens with zero attached hydrogens (tertiary/aromatic N) is 1. The van der Waals surface area contributed by atoms with E-state index < -0.39 is 10.0 Å². The fraction of sp³-hybridized carbons (Fsp3) is 0.435. The van der Waals surface area contributed by atoms with E-state index in [1.807, 2.05) is 19.1 Å². The molecule has 1 amide bonds. The number of benzene rings is 2. The third-order valence-electron chi connectivity index (χ3n) is 5.23. The second kappa shape index (κ2) is 11.4. The van der Waals surface area contributed by atoms with E-state index >= 15 is 0 Å². The molecule has 0 saturated carbocycles. The lowest BCUT2D eigenvalue weighted by Crippen LogP contribution is -2.33. The molecule has 0 saturated heterocycles. The first-order valence-electron chi connectivity index (χ1n) is 10.4. The first-order valence-corrected chi connectivity index (χ1v) is 12.6. The van der Waals surface area contributed by atoms with E-state index in [4.69, 9.17) is 21.1 Å². The quantitative estimate of drug-likeness (QED) is 0.510. The predicted molar refractivity (Wildman–Crippen MR) is 128 cm³/mol. The molecular weight excluding hydrogens is 452 g/mol. The van der Waals surface area contributed by atoms with Gasteiger partial charge < -0.3 is 14.8 Å². The van der Waals surface area contributed by atoms with Gasteiger partial charge in [0.25, 0.3) is 0 Å². The first-order chi connectivity index (χ1) is 15.1. The highest BCUT2D eigenvalue weighted by Crippen LogP contribution is 2.31. The summed E-state index contributed by atoms with van der Waals surface area (Å²) in [5.41, 5.74) is 2.12. The van der Waals surface area contributed by atoms with Crippen LogP contribution in [0.15, 0.2) is 36.4 Å². The summed E-state index contributed by atoms with van der Waals surface area (Å²) in [6.07, 6.45) is 2.40. The van der Waals surface area contributed by atoms with Crippen LogP contribution < -0.4 is 19.1 Å². The van der Waals surface area contributed by atoms with Crippen molar-refractivity contribution in [1.29, 1.82) is 0 Å². The molecule has 1 atom stereocenters. The van der Waals surface area contributed by atoms with Crippen LogP contribution in [-0.4, -0.2) is 41.3 Å². The number of rotatable bonds is 11. The third kappa shape index (κ3) is 6.53. The van der Waals surface area contributed by atoms with Crippen molar-refractivity contribution >= 4 is 33.2 Å². The van der Waals surface area contributed by atoms with Crippen LogP contribution in [0, 0.1) is 6.92 Å². The van der Waals surface area contributed by atoms with Crippen molar-refractivity contribution < 1.29 is 22.7 Å². The van der Waals surface area contributed by atoms with Crippen molar-refractivity contribution in [2.24, 2.45) is 0 Å². The van der Waals surface area contributed by atoms with Crippen molar-refractivity contribution in [1.82, 2.24) is 5.32 Å². The maximum Gasteiger partial charge on any atom is 0.232 e. The molecule has 2 rings (SSSR count). The minimum absolute atomic E-state index is 0.150. The van der Waals surface area contributed by atoms with Gasteiger partial charge in [-0.3, -0.25) is 9.10 Å². The maximum atomic E-state index is 12.6. The zero-order valence-electron chi connectivity index (χ0n) is 19.1. The van der Waals surface area contributed by atoms with Crippen molar-refractivity contribution in [3.8, 4) is 11.5 Å². The lowest BCUT2D eigenvalue weighted by atomic mass is 10.0. The summed E-state index contributed by atoms with van der Waals surface area (Å²) in [5.74, 6) is 1.07. The molecule has 7 nitrogen and oxygen atoms in total. The molecule has 32 heavy (non-hydrogen) atoms. The normalized spacial score (nSPS) is 12.2. The summed E-state index contributed by atoms with van der Waals surface area (Å²) in [7, 11) is -0.386. The van der Waals surface area contributed by atoms with Gasteiger partial charge in [0.15, 0.2) is 11.5 Å². The number of hydrogen-bond acceptors (Lipinski definition) is 5. The zero-order chi connectivity index (χ0) is 23.9. The van der Waals surface area contributed by atoms with E-state index in [1.165, 1.54) is 4.31 Å². The summed E-state index contributed by atoms with van der Waals surface area (Å²) in [6, 6.07) is 10.5. The lowest BCUT2D eigenvalue weighted by Gasteiger charge is -2.25. The molecule has 1 N–H and O–H groups in total. The average Bonchev–Trinajstić information content (AvgIpc) is 2.76. The van der Waals surface area contributed by atoms with Crippen LogP contribution in [-0.2, 0) is 14.8 Å². The summed E-state index contributed by atoms with van der Waals surface area (Å²) < 4.78 is 36.6. The van der Waals surface area contributed by atoms with Crippen molar-refractivity contribution in [3.63, 3.8) is 0 Å². The number of carbonyl (C=O) groups excluding carboxylic acids is 1. The SMILES string of the molecule is CC[C@@H](NC(=O)CCCN(c1cccc(Cl)c1C)S(C)(=O)=O)c1ccc(OC)c(OC)c1. The van der Waals surface area contributed by atoms with E-state index in [9.17, 15) is 13.2 Å². The Labute approximate surface area is 195 Å². The van der Waals surface area contributed by atoms with Gasteiger partial charge in [-0.25, -0.2) is 8.42 Å². The number of anilines is 1. The molecule has 0 radical (unpaired) electrons. The standard InChI is InChI=1S/C23H31ClN2O5S/c1-6-19(17-12-13-21(30-3)22(15-17)31-4)25-23(27)11-8-14-26(32(5,28)29)20-10-7-9-18(24)16(20)2/h7,9-10,12-13,15,19H,6,8,11,14H2,1-5H3,(H,25,27)/t19-/m1/s1. The van der Waals surface area contributed by atoms with E-state index in [2.05, 4.69) is 5.32 Å². The molecule has 176 valence electrons. The Bertz CT molecular complexity index is 1040. The summed E-state index contributed by atoms with van der Waals surface area (Å²) >= 11 is 6.16. The fourth-order valence-corrected chi connectivity index (χ4v) is 4.66. The molecular formula is C23H31ClN2O5S. The number of sulfonamides is 1. The van der Waals surface area contributed by atoms with E-state index in [-0.39, 0.29) is 24.9 Å². The van der Waals surface area contributed by atoms with Crippen molar-refractivity contribution in [2.75, 3.05) is 31.3 Å². The minimum Gasteiger partial charge on any atom is -0.493 e. The zero-order valence-corrected chi connectivity index (χ0v) is 20.7. The fourth-order valence-electron chi connectivity index (χ4n) is 3.47. The highest BCUT2D eigenvalue weighted by atomic mass is 35.5. The number of amides is 1. The molecule has 0 spiro atoms. The number of methoxy groups -OCH3 is 2. The minimum atomic E-state index is -3.52. The van der Waals surface area contributed by atoms with Crippen LogP contribution in [0.3, 0.4) is 0 Å². The van der Waals surface area contributed by atoms with Crippen LogP contribution in [0.4, 0.5) is 5.69 Å². The number of nitrogens with one attached hydrogen (secondary N) is 1. The van der Waals surface area contributed by atoms with Crippen molar-refractivity contribution in [2.45, 2.75) is 39.2 Å². The van der Waals surface area contributed by atoms with Gasteiger partial charge in [-0.2, -0.15) is 0 Å². The topological polar surface area (TPSA) is 84.9 Å². The van der Waals surface area contributed by atoms with Crippen LogP contribution in [0.1, 0.15) is 43.4 Å². The molecule has 0 aliphatic heterocycles. The second-order valence-electron chi connectivity index (χ2n) is 7.47. The molecule has 0 aliphatic rings. The molecule has 0 unspecified atom stereocenters. The van der Waals surface area contributed by atoms with E-state index in [0.717, 1.165) is 11.8 Å². The Morgan fingerprint density at radius 2 is 1.84 bits per heavy atom. The smallest absolute Gasteiger partial charge is 0.232 e. The van der Waals surface area contributed by atoms with Crippen molar-refractivity contribution in [3.05, 3.63) is 52.5 Å². The first kappa shape index (κ1) is 25.8. The van der Waals surface area contributed by atoms with E-state index in [0.29, 0.717) is 40.6 Å². The Morgan fingerprint density at radius 1 is 1.16 bits per heavy atom. The molecule has 9 heteroatoms. The highest BCUT2D eigenvalue weighted by Gasteiger charge is 2.21. The molecule has 0 aliphatic carbocycles.